The summed E-state index contributed by atoms with van der Waals surface area (Å²) >= 11 is 0. The Bertz CT molecular complexity index is 900. The van der Waals surface area contributed by atoms with Crippen LogP contribution in [0.4, 0.5) is 0 Å². The molecule has 0 bridgehead atoms. The van der Waals surface area contributed by atoms with Crippen LogP contribution < -0.4 is 0 Å². The fourth-order valence-electron chi connectivity index (χ4n) is 7.99. The van der Waals surface area contributed by atoms with Crippen molar-refractivity contribution in [2.45, 2.75) is 298 Å². The average molecular weight is 835 g/mol. The summed E-state index contributed by atoms with van der Waals surface area (Å²) in [6.07, 6.45) is 46.6. The fraction of sp³-hybridized carbons (Fsp3) is 0.943. The van der Waals surface area contributed by atoms with Crippen molar-refractivity contribution in [1.29, 1.82) is 0 Å². The predicted octanol–water partition coefficient (Wildman–Crippen LogP) is 16.9. The lowest BCUT2D eigenvalue weighted by atomic mass is 10.0. The molecule has 6 heteroatoms. The summed E-state index contributed by atoms with van der Waals surface area (Å²) in [6.45, 7) is 11.4. The third kappa shape index (κ3) is 47.3. The van der Waals surface area contributed by atoms with E-state index in [1.807, 2.05) is 0 Å². The number of carbonyl (C=O) groups excluding carboxylic acids is 3. The molecule has 0 saturated carbocycles. The van der Waals surface area contributed by atoms with E-state index in [1.54, 1.807) is 0 Å². The van der Waals surface area contributed by atoms with Crippen molar-refractivity contribution in [3.8, 4) is 0 Å². The van der Waals surface area contributed by atoms with Crippen molar-refractivity contribution in [2.75, 3.05) is 13.2 Å². The van der Waals surface area contributed by atoms with Crippen molar-refractivity contribution >= 4 is 17.9 Å². The highest BCUT2D eigenvalue weighted by molar-refractivity contribution is 5.71. The van der Waals surface area contributed by atoms with E-state index in [1.165, 1.54) is 180 Å². The summed E-state index contributed by atoms with van der Waals surface area (Å²) in [5, 5.41) is 0. The Morgan fingerprint density at radius 2 is 0.559 bits per heavy atom. The second kappa shape index (κ2) is 45.9. The lowest BCUT2D eigenvalue weighted by Gasteiger charge is -2.18. The van der Waals surface area contributed by atoms with Crippen molar-refractivity contribution in [2.24, 2.45) is 11.8 Å². The first kappa shape index (κ1) is 57.4. The summed E-state index contributed by atoms with van der Waals surface area (Å²) < 4.78 is 16.8. The molecule has 0 N–H and O–H groups in total. The number of unbranched alkanes of at least 4 members (excludes halogenated alkanes) is 32. The minimum atomic E-state index is -0.761. The van der Waals surface area contributed by atoms with E-state index in [-0.39, 0.29) is 31.1 Å². The van der Waals surface area contributed by atoms with E-state index in [2.05, 4.69) is 34.6 Å². The molecule has 0 aromatic heterocycles. The van der Waals surface area contributed by atoms with Crippen LogP contribution in [0.5, 0.6) is 0 Å². The van der Waals surface area contributed by atoms with Gasteiger partial charge in [-0.1, -0.05) is 253 Å². The van der Waals surface area contributed by atoms with Crippen molar-refractivity contribution in [3.63, 3.8) is 0 Å². The highest BCUT2D eigenvalue weighted by atomic mass is 16.6. The van der Waals surface area contributed by atoms with E-state index < -0.39 is 6.10 Å². The zero-order valence-corrected chi connectivity index (χ0v) is 40.4. The van der Waals surface area contributed by atoms with E-state index in [4.69, 9.17) is 14.2 Å². The zero-order valence-electron chi connectivity index (χ0n) is 40.4. The molecule has 0 amide bonds. The van der Waals surface area contributed by atoms with Gasteiger partial charge in [0.15, 0.2) is 6.10 Å². The molecule has 6 nitrogen and oxygen atoms in total. The molecule has 0 heterocycles. The van der Waals surface area contributed by atoms with Gasteiger partial charge < -0.3 is 14.2 Å². The molecule has 0 aromatic rings. The van der Waals surface area contributed by atoms with E-state index in [9.17, 15) is 14.4 Å². The van der Waals surface area contributed by atoms with Crippen molar-refractivity contribution in [3.05, 3.63) is 0 Å². The molecule has 0 spiro atoms. The summed E-state index contributed by atoms with van der Waals surface area (Å²) in [7, 11) is 0. The molecule has 0 aliphatic heterocycles. The Kier molecular flexibility index (Phi) is 44.7. The standard InChI is InChI=1S/C53H102O6/c1-6-7-8-9-10-11-12-17-23-28-33-38-43-51(54)57-46-50(59-53(56)45-40-35-30-25-20-19-22-27-32-37-42-49(4)5)47-58-52(55)44-39-34-29-24-18-15-13-14-16-21-26-31-36-41-48(2)3/h48-50H,6-47H2,1-5H3/t50-/m0/s1. The molecule has 350 valence electrons. The highest BCUT2D eigenvalue weighted by Crippen LogP contribution is 2.17. The fourth-order valence-corrected chi connectivity index (χ4v) is 7.99. The van der Waals surface area contributed by atoms with Gasteiger partial charge in [0.1, 0.15) is 13.2 Å². The molecule has 1 atom stereocenters. The normalized spacial score (nSPS) is 12.1. The number of esters is 3. The van der Waals surface area contributed by atoms with E-state index >= 15 is 0 Å². The largest absolute Gasteiger partial charge is 0.462 e. The van der Waals surface area contributed by atoms with Crippen LogP contribution in [-0.2, 0) is 28.6 Å². The zero-order chi connectivity index (χ0) is 43.3. The summed E-state index contributed by atoms with van der Waals surface area (Å²) in [5.74, 6) is 0.809. The molecule has 59 heavy (non-hydrogen) atoms. The van der Waals surface area contributed by atoms with Crippen LogP contribution in [0.2, 0.25) is 0 Å². The molecule has 0 saturated heterocycles. The maximum Gasteiger partial charge on any atom is 0.306 e. The molecular weight excluding hydrogens is 733 g/mol. The minimum Gasteiger partial charge on any atom is -0.462 e. The Balaban J connectivity index is 4.30. The van der Waals surface area contributed by atoms with Crippen molar-refractivity contribution in [1.82, 2.24) is 0 Å². The first-order valence-electron chi connectivity index (χ1n) is 26.2. The second-order valence-electron chi connectivity index (χ2n) is 19.1. The Morgan fingerprint density at radius 3 is 0.831 bits per heavy atom. The molecule has 0 rings (SSSR count). The van der Waals surface area contributed by atoms with Crippen LogP contribution in [0, 0.1) is 11.8 Å². The van der Waals surface area contributed by atoms with Crippen LogP contribution in [0.15, 0.2) is 0 Å². The highest BCUT2D eigenvalue weighted by Gasteiger charge is 2.19. The third-order valence-corrected chi connectivity index (χ3v) is 12.0. The maximum atomic E-state index is 12.8. The van der Waals surface area contributed by atoms with Crippen LogP contribution in [0.25, 0.3) is 0 Å². The van der Waals surface area contributed by atoms with Crippen LogP contribution >= 0.6 is 0 Å². The topological polar surface area (TPSA) is 78.9 Å². The minimum absolute atomic E-state index is 0.0636. The quantitative estimate of drug-likeness (QED) is 0.0345. The van der Waals surface area contributed by atoms with Gasteiger partial charge in [-0.25, -0.2) is 0 Å². The SMILES string of the molecule is CCCCCCCCCCCCCCC(=O)OC[C@@H](COC(=O)CCCCCCCCCCCCCCCC(C)C)OC(=O)CCCCCCCCCCCCC(C)C. The number of hydrogen-bond acceptors (Lipinski definition) is 6. The lowest BCUT2D eigenvalue weighted by Crippen LogP contribution is -2.30. The van der Waals surface area contributed by atoms with Gasteiger partial charge in [0.05, 0.1) is 0 Å². The summed E-state index contributed by atoms with van der Waals surface area (Å²) in [6, 6.07) is 0. The van der Waals surface area contributed by atoms with Gasteiger partial charge in [-0.05, 0) is 31.1 Å². The molecule has 0 aliphatic rings. The van der Waals surface area contributed by atoms with Gasteiger partial charge in [-0.15, -0.1) is 0 Å². The molecule has 0 aliphatic carbocycles. The number of hydrogen-bond donors (Lipinski definition) is 0. The molecule has 0 unspecified atom stereocenters. The lowest BCUT2D eigenvalue weighted by molar-refractivity contribution is -0.167. The first-order valence-corrected chi connectivity index (χ1v) is 26.2. The number of rotatable bonds is 47. The van der Waals surface area contributed by atoms with Crippen molar-refractivity contribution < 1.29 is 28.6 Å². The predicted molar refractivity (Wildman–Crippen MR) is 252 cm³/mol. The van der Waals surface area contributed by atoms with E-state index in [0.717, 1.165) is 69.6 Å². The molecule has 0 radical (unpaired) electrons. The van der Waals surface area contributed by atoms with Gasteiger partial charge in [-0.3, -0.25) is 14.4 Å². The molecule has 0 fully saturated rings. The molecule has 0 aromatic carbocycles. The Labute approximate surface area is 368 Å². The summed E-state index contributed by atoms with van der Waals surface area (Å²) in [4.78, 5) is 37.9. The van der Waals surface area contributed by atoms with Gasteiger partial charge in [-0.2, -0.15) is 0 Å². The number of ether oxygens (including phenoxy) is 3. The van der Waals surface area contributed by atoms with E-state index in [0.29, 0.717) is 19.3 Å². The maximum absolute atomic E-state index is 12.8. The Morgan fingerprint density at radius 1 is 0.322 bits per heavy atom. The van der Waals surface area contributed by atoms with Gasteiger partial charge >= 0.3 is 17.9 Å². The van der Waals surface area contributed by atoms with Crippen LogP contribution in [-0.4, -0.2) is 37.2 Å². The third-order valence-electron chi connectivity index (χ3n) is 12.0. The average Bonchev–Trinajstić information content (AvgIpc) is 3.20. The summed E-state index contributed by atoms with van der Waals surface area (Å²) in [5.41, 5.74) is 0. The Hall–Kier alpha value is -1.59. The smallest absolute Gasteiger partial charge is 0.306 e. The monoisotopic (exact) mass is 835 g/mol. The number of carbonyl (C=O) groups is 3. The second-order valence-corrected chi connectivity index (χ2v) is 19.1. The van der Waals surface area contributed by atoms with Gasteiger partial charge in [0, 0.05) is 19.3 Å². The van der Waals surface area contributed by atoms with Crippen LogP contribution in [0.1, 0.15) is 291 Å². The van der Waals surface area contributed by atoms with Gasteiger partial charge in [0.2, 0.25) is 0 Å². The first-order chi connectivity index (χ1) is 28.7. The molecular formula is C53H102O6. The van der Waals surface area contributed by atoms with Crippen LogP contribution in [0.3, 0.4) is 0 Å². The van der Waals surface area contributed by atoms with Gasteiger partial charge in [0.25, 0.3) is 0 Å².